The molecule has 0 heterocycles. The molecule has 1 aromatic carbocycles. The minimum Gasteiger partial charge on any atom is -0.497 e. The summed E-state index contributed by atoms with van der Waals surface area (Å²) in [5, 5.41) is 0. The predicted octanol–water partition coefficient (Wildman–Crippen LogP) is 2.67. The molecular weight excluding hydrogens is 202 g/mol. The lowest BCUT2D eigenvalue weighted by molar-refractivity contribution is 0.393. The molecule has 0 amide bonds. The lowest BCUT2D eigenvalue weighted by atomic mass is 10.0. The molecule has 1 atom stereocenters. The number of hydrogen-bond acceptors (Lipinski definition) is 3. The second kappa shape index (κ2) is 5.56. The molecule has 0 bridgehead atoms. The van der Waals surface area contributed by atoms with E-state index in [-0.39, 0.29) is 6.04 Å². The van der Waals surface area contributed by atoms with Gasteiger partial charge in [-0.1, -0.05) is 11.6 Å². The van der Waals surface area contributed by atoms with Crippen molar-refractivity contribution in [2.24, 2.45) is 5.73 Å². The third-order valence-corrected chi connectivity index (χ3v) is 2.27. The number of hydrogen-bond donors (Lipinski definition) is 1. The van der Waals surface area contributed by atoms with Gasteiger partial charge in [-0.3, -0.25) is 0 Å². The lowest BCUT2D eigenvalue weighted by Gasteiger charge is -2.12. The summed E-state index contributed by atoms with van der Waals surface area (Å²) in [6.07, 6.45) is 2.01. The van der Waals surface area contributed by atoms with Crippen LogP contribution >= 0.6 is 0 Å². The summed E-state index contributed by atoms with van der Waals surface area (Å²) in [6, 6.07) is 5.55. The smallest absolute Gasteiger partial charge is 0.122 e. The Bertz CT molecular complexity index is 359. The maximum atomic E-state index is 6.06. The first-order valence-corrected chi connectivity index (χ1v) is 5.20. The standard InChI is InChI=1S/C13H19NO2/c1-9(2)5-13(14)10-6-11(15-3)8-12(7-10)16-4/h5-8,13H,14H2,1-4H3. The van der Waals surface area contributed by atoms with Crippen molar-refractivity contribution < 1.29 is 9.47 Å². The number of rotatable bonds is 4. The highest BCUT2D eigenvalue weighted by Gasteiger charge is 2.07. The molecule has 3 heteroatoms. The summed E-state index contributed by atoms with van der Waals surface area (Å²) in [7, 11) is 3.26. The highest BCUT2D eigenvalue weighted by molar-refractivity contribution is 5.41. The fourth-order valence-electron chi connectivity index (χ4n) is 1.48. The molecule has 88 valence electrons. The molecule has 0 aliphatic rings. The van der Waals surface area contributed by atoms with E-state index >= 15 is 0 Å². The summed E-state index contributed by atoms with van der Waals surface area (Å²) in [6.45, 7) is 4.05. The average molecular weight is 221 g/mol. The molecule has 1 unspecified atom stereocenters. The lowest BCUT2D eigenvalue weighted by Crippen LogP contribution is -2.08. The van der Waals surface area contributed by atoms with Crippen LogP contribution in [0.15, 0.2) is 29.8 Å². The quantitative estimate of drug-likeness (QED) is 0.795. The first kappa shape index (κ1) is 12.6. The third-order valence-electron chi connectivity index (χ3n) is 2.27. The highest BCUT2D eigenvalue weighted by Crippen LogP contribution is 2.26. The molecule has 2 N–H and O–H groups in total. The summed E-state index contributed by atoms with van der Waals surface area (Å²) < 4.78 is 10.4. The van der Waals surface area contributed by atoms with E-state index in [1.165, 1.54) is 5.57 Å². The van der Waals surface area contributed by atoms with Gasteiger partial charge in [-0.15, -0.1) is 0 Å². The Balaban J connectivity index is 3.07. The van der Waals surface area contributed by atoms with Crippen LogP contribution in [0.2, 0.25) is 0 Å². The molecule has 0 spiro atoms. The Kier molecular flexibility index (Phi) is 4.38. The predicted molar refractivity (Wildman–Crippen MR) is 65.9 cm³/mol. The zero-order valence-corrected chi connectivity index (χ0v) is 10.3. The van der Waals surface area contributed by atoms with Crippen molar-refractivity contribution >= 4 is 0 Å². The van der Waals surface area contributed by atoms with Crippen LogP contribution < -0.4 is 15.2 Å². The minimum atomic E-state index is -0.131. The van der Waals surface area contributed by atoms with E-state index in [9.17, 15) is 0 Å². The maximum absolute atomic E-state index is 6.06. The van der Waals surface area contributed by atoms with Gasteiger partial charge in [0.25, 0.3) is 0 Å². The van der Waals surface area contributed by atoms with Crippen molar-refractivity contribution in [3.63, 3.8) is 0 Å². The summed E-state index contributed by atoms with van der Waals surface area (Å²) >= 11 is 0. The van der Waals surface area contributed by atoms with Gasteiger partial charge in [0.15, 0.2) is 0 Å². The Morgan fingerprint density at radius 3 is 2.00 bits per heavy atom. The fourth-order valence-corrected chi connectivity index (χ4v) is 1.48. The molecule has 0 aliphatic carbocycles. The van der Waals surface area contributed by atoms with Gasteiger partial charge >= 0.3 is 0 Å². The number of nitrogens with two attached hydrogens (primary N) is 1. The van der Waals surface area contributed by atoms with Crippen molar-refractivity contribution in [1.29, 1.82) is 0 Å². The van der Waals surface area contributed by atoms with Gasteiger partial charge in [-0.2, -0.15) is 0 Å². The SMILES string of the molecule is COc1cc(OC)cc(C(N)C=C(C)C)c1. The third kappa shape index (κ3) is 3.28. The van der Waals surface area contributed by atoms with E-state index in [2.05, 4.69) is 0 Å². The fraction of sp³-hybridized carbons (Fsp3) is 0.385. The van der Waals surface area contributed by atoms with E-state index in [4.69, 9.17) is 15.2 Å². The summed E-state index contributed by atoms with van der Waals surface area (Å²) in [4.78, 5) is 0. The van der Waals surface area contributed by atoms with Crippen LogP contribution in [0.3, 0.4) is 0 Å². The Hall–Kier alpha value is -1.48. The number of allylic oxidation sites excluding steroid dienone is 1. The Morgan fingerprint density at radius 1 is 1.12 bits per heavy atom. The molecule has 0 radical (unpaired) electrons. The molecular formula is C13H19NO2. The number of methoxy groups -OCH3 is 2. The number of ether oxygens (including phenoxy) is 2. The molecule has 1 aromatic rings. The van der Waals surface area contributed by atoms with Gasteiger partial charge < -0.3 is 15.2 Å². The van der Waals surface area contributed by atoms with Crippen molar-refractivity contribution in [2.45, 2.75) is 19.9 Å². The van der Waals surface area contributed by atoms with Crippen LogP contribution in [0.1, 0.15) is 25.5 Å². The van der Waals surface area contributed by atoms with Crippen LogP contribution in [-0.2, 0) is 0 Å². The van der Waals surface area contributed by atoms with Gasteiger partial charge in [0.1, 0.15) is 11.5 Å². The van der Waals surface area contributed by atoms with Crippen LogP contribution in [0, 0.1) is 0 Å². The van der Waals surface area contributed by atoms with E-state index in [1.54, 1.807) is 14.2 Å². The Morgan fingerprint density at radius 2 is 1.62 bits per heavy atom. The Labute approximate surface area is 96.9 Å². The van der Waals surface area contributed by atoms with Crippen molar-refractivity contribution in [3.05, 3.63) is 35.4 Å². The topological polar surface area (TPSA) is 44.5 Å². The van der Waals surface area contributed by atoms with Crippen LogP contribution in [0.4, 0.5) is 0 Å². The molecule has 0 aliphatic heterocycles. The van der Waals surface area contributed by atoms with Crippen LogP contribution in [0.25, 0.3) is 0 Å². The first-order chi connectivity index (χ1) is 7.56. The molecule has 16 heavy (non-hydrogen) atoms. The van der Waals surface area contributed by atoms with Gasteiger partial charge in [-0.25, -0.2) is 0 Å². The highest BCUT2D eigenvalue weighted by atomic mass is 16.5. The average Bonchev–Trinajstić information content (AvgIpc) is 2.27. The number of benzene rings is 1. The normalized spacial score (nSPS) is 11.8. The van der Waals surface area contributed by atoms with Crippen LogP contribution in [0.5, 0.6) is 11.5 Å². The zero-order valence-electron chi connectivity index (χ0n) is 10.3. The molecule has 0 saturated carbocycles. The molecule has 0 aromatic heterocycles. The molecule has 0 saturated heterocycles. The van der Waals surface area contributed by atoms with Crippen molar-refractivity contribution in [2.75, 3.05) is 14.2 Å². The molecule has 0 fully saturated rings. The van der Waals surface area contributed by atoms with Crippen molar-refractivity contribution in [3.8, 4) is 11.5 Å². The largest absolute Gasteiger partial charge is 0.497 e. The first-order valence-electron chi connectivity index (χ1n) is 5.20. The summed E-state index contributed by atoms with van der Waals surface area (Å²) in [5.41, 5.74) is 8.23. The van der Waals surface area contributed by atoms with Gasteiger partial charge in [0, 0.05) is 12.1 Å². The van der Waals surface area contributed by atoms with E-state index in [0.29, 0.717) is 0 Å². The van der Waals surface area contributed by atoms with E-state index in [0.717, 1.165) is 17.1 Å². The maximum Gasteiger partial charge on any atom is 0.122 e. The van der Waals surface area contributed by atoms with E-state index < -0.39 is 0 Å². The van der Waals surface area contributed by atoms with Gasteiger partial charge in [0.05, 0.1) is 14.2 Å². The van der Waals surface area contributed by atoms with Gasteiger partial charge in [-0.05, 0) is 31.5 Å². The van der Waals surface area contributed by atoms with Crippen molar-refractivity contribution in [1.82, 2.24) is 0 Å². The molecule has 3 nitrogen and oxygen atoms in total. The van der Waals surface area contributed by atoms with Gasteiger partial charge in [0.2, 0.25) is 0 Å². The zero-order chi connectivity index (χ0) is 12.1. The summed E-state index contributed by atoms with van der Waals surface area (Å²) in [5.74, 6) is 1.51. The second-order valence-corrected chi connectivity index (χ2v) is 3.92. The van der Waals surface area contributed by atoms with E-state index in [1.807, 2.05) is 38.1 Å². The minimum absolute atomic E-state index is 0.131. The van der Waals surface area contributed by atoms with Crippen LogP contribution in [-0.4, -0.2) is 14.2 Å². The monoisotopic (exact) mass is 221 g/mol. The molecule has 1 rings (SSSR count). The second-order valence-electron chi connectivity index (χ2n) is 3.92.